The van der Waals surface area contributed by atoms with E-state index >= 15 is 0 Å². The lowest BCUT2D eigenvalue weighted by molar-refractivity contribution is 0.0998. The number of hydrogen-bond donors (Lipinski definition) is 2. The summed E-state index contributed by atoms with van der Waals surface area (Å²) in [5.41, 5.74) is 3.16. The standard InChI is InChI=1S/C24H22N2O5S/c1-15-4-11-20(12-5-15)32(28,29)26-18-8-6-17(7-9-18)25-24(27)23-16(2)21-14-19(30-3)10-13-22(21)31-23/h4-14,26H,1-3H3,(H,25,27). The normalized spacial score (nSPS) is 11.3. The average molecular weight is 451 g/mol. The number of aryl methyl sites for hydroxylation is 2. The van der Waals surface area contributed by atoms with Crippen LogP contribution in [0.5, 0.6) is 5.75 Å². The number of carbonyl (C=O) groups is 1. The van der Waals surface area contributed by atoms with Crippen molar-refractivity contribution in [3.8, 4) is 5.75 Å². The first kappa shape index (κ1) is 21.5. The van der Waals surface area contributed by atoms with Crippen LogP contribution in [0.25, 0.3) is 11.0 Å². The van der Waals surface area contributed by atoms with Crippen LogP contribution >= 0.6 is 0 Å². The maximum Gasteiger partial charge on any atom is 0.291 e. The molecule has 0 fully saturated rings. The third kappa shape index (κ3) is 4.31. The van der Waals surface area contributed by atoms with Crippen molar-refractivity contribution < 1.29 is 22.4 Å². The van der Waals surface area contributed by atoms with Crippen LogP contribution in [0.4, 0.5) is 11.4 Å². The molecule has 0 aliphatic carbocycles. The van der Waals surface area contributed by atoms with Crippen LogP contribution in [0.1, 0.15) is 21.7 Å². The van der Waals surface area contributed by atoms with Crippen LogP contribution in [-0.4, -0.2) is 21.4 Å². The Morgan fingerprint density at radius 3 is 2.22 bits per heavy atom. The highest BCUT2D eigenvalue weighted by Gasteiger charge is 2.19. The van der Waals surface area contributed by atoms with Crippen molar-refractivity contribution in [3.05, 3.63) is 83.6 Å². The summed E-state index contributed by atoms with van der Waals surface area (Å²) >= 11 is 0. The second-order valence-electron chi connectivity index (χ2n) is 7.37. The van der Waals surface area contributed by atoms with Crippen molar-refractivity contribution in [3.63, 3.8) is 0 Å². The van der Waals surface area contributed by atoms with Gasteiger partial charge in [0.1, 0.15) is 11.3 Å². The lowest BCUT2D eigenvalue weighted by atomic mass is 10.1. The molecule has 1 aromatic heterocycles. The van der Waals surface area contributed by atoms with E-state index in [0.717, 1.165) is 10.9 Å². The van der Waals surface area contributed by atoms with Crippen LogP contribution in [0.3, 0.4) is 0 Å². The summed E-state index contributed by atoms with van der Waals surface area (Å²) < 4.78 is 38.5. The van der Waals surface area contributed by atoms with Gasteiger partial charge in [-0.25, -0.2) is 8.42 Å². The van der Waals surface area contributed by atoms with Gasteiger partial charge < -0.3 is 14.5 Å². The number of rotatable bonds is 6. The molecule has 0 radical (unpaired) electrons. The summed E-state index contributed by atoms with van der Waals surface area (Å²) in [5, 5.41) is 3.58. The van der Waals surface area contributed by atoms with E-state index < -0.39 is 15.9 Å². The Kier molecular flexibility index (Phi) is 5.63. The fourth-order valence-electron chi connectivity index (χ4n) is 3.28. The number of anilines is 2. The quantitative estimate of drug-likeness (QED) is 0.425. The van der Waals surface area contributed by atoms with Gasteiger partial charge in [-0.1, -0.05) is 17.7 Å². The lowest BCUT2D eigenvalue weighted by Gasteiger charge is -2.09. The molecule has 0 atom stereocenters. The van der Waals surface area contributed by atoms with E-state index in [9.17, 15) is 13.2 Å². The minimum absolute atomic E-state index is 0.178. The van der Waals surface area contributed by atoms with Crippen LogP contribution in [0.2, 0.25) is 0 Å². The number of benzene rings is 3. The molecule has 0 bridgehead atoms. The highest BCUT2D eigenvalue weighted by atomic mass is 32.2. The number of methoxy groups -OCH3 is 1. The summed E-state index contributed by atoms with van der Waals surface area (Å²) in [4.78, 5) is 12.9. The van der Waals surface area contributed by atoms with E-state index in [1.54, 1.807) is 67.8 Å². The summed E-state index contributed by atoms with van der Waals surface area (Å²) in [5.74, 6) is 0.486. The lowest BCUT2D eigenvalue weighted by Crippen LogP contribution is -2.14. The molecule has 7 nitrogen and oxygen atoms in total. The number of fused-ring (bicyclic) bond motifs is 1. The second-order valence-corrected chi connectivity index (χ2v) is 9.05. The first-order valence-electron chi connectivity index (χ1n) is 9.85. The van der Waals surface area contributed by atoms with Gasteiger partial charge in [0.05, 0.1) is 12.0 Å². The number of carbonyl (C=O) groups excluding carboxylic acids is 1. The van der Waals surface area contributed by atoms with Crippen LogP contribution in [0, 0.1) is 13.8 Å². The van der Waals surface area contributed by atoms with E-state index in [1.807, 2.05) is 19.9 Å². The van der Waals surface area contributed by atoms with Gasteiger partial charge in [-0.15, -0.1) is 0 Å². The molecular formula is C24H22N2O5S. The number of nitrogens with one attached hydrogen (secondary N) is 2. The molecule has 2 N–H and O–H groups in total. The van der Waals surface area contributed by atoms with Crippen molar-refractivity contribution >= 4 is 38.3 Å². The van der Waals surface area contributed by atoms with Crippen molar-refractivity contribution in [1.29, 1.82) is 0 Å². The number of amides is 1. The Morgan fingerprint density at radius 1 is 0.906 bits per heavy atom. The van der Waals surface area contributed by atoms with Gasteiger partial charge in [0.25, 0.3) is 15.9 Å². The van der Waals surface area contributed by atoms with Gasteiger partial charge in [-0.05, 0) is 68.4 Å². The van der Waals surface area contributed by atoms with Crippen LogP contribution < -0.4 is 14.8 Å². The number of ether oxygens (including phenoxy) is 1. The fraction of sp³-hybridized carbons (Fsp3) is 0.125. The van der Waals surface area contributed by atoms with Crippen molar-refractivity contribution in [1.82, 2.24) is 0 Å². The Hall–Kier alpha value is -3.78. The predicted octanol–water partition coefficient (Wildman–Crippen LogP) is 5.11. The van der Waals surface area contributed by atoms with Crippen LogP contribution in [-0.2, 0) is 10.0 Å². The molecule has 0 unspecified atom stereocenters. The van der Waals surface area contributed by atoms with Crippen molar-refractivity contribution in [2.24, 2.45) is 0 Å². The Bertz CT molecular complexity index is 1390. The zero-order valence-electron chi connectivity index (χ0n) is 17.8. The summed E-state index contributed by atoms with van der Waals surface area (Å²) in [6.45, 7) is 3.70. The molecule has 0 aliphatic heterocycles. The largest absolute Gasteiger partial charge is 0.497 e. The molecule has 0 spiro atoms. The van der Waals surface area contributed by atoms with Crippen molar-refractivity contribution in [2.45, 2.75) is 18.7 Å². The highest BCUT2D eigenvalue weighted by molar-refractivity contribution is 7.92. The zero-order chi connectivity index (χ0) is 22.9. The molecule has 4 rings (SSSR count). The molecule has 0 saturated heterocycles. The SMILES string of the molecule is COc1ccc2oc(C(=O)Nc3ccc(NS(=O)(=O)c4ccc(C)cc4)cc3)c(C)c2c1. The maximum absolute atomic E-state index is 12.7. The fourth-order valence-corrected chi connectivity index (χ4v) is 4.34. The highest BCUT2D eigenvalue weighted by Crippen LogP contribution is 2.29. The van der Waals surface area contributed by atoms with E-state index in [0.29, 0.717) is 28.3 Å². The zero-order valence-corrected chi connectivity index (χ0v) is 18.6. The molecule has 1 amide bonds. The predicted molar refractivity (Wildman–Crippen MR) is 124 cm³/mol. The summed E-state index contributed by atoms with van der Waals surface area (Å²) in [7, 11) is -2.12. The number of furan rings is 1. The molecule has 4 aromatic rings. The minimum Gasteiger partial charge on any atom is -0.497 e. The van der Waals surface area contributed by atoms with E-state index in [1.165, 1.54) is 0 Å². The molecule has 1 heterocycles. The molecular weight excluding hydrogens is 428 g/mol. The van der Waals surface area contributed by atoms with E-state index in [4.69, 9.17) is 9.15 Å². The van der Waals surface area contributed by atoms with Gasteiger partial charge in [0.2, 0.25) is 0 Å². The molecule has 32 heavy (non-hydrogen) atoms. The van der Waals surface area contributed by atoms with Crippen molar-refractivity contribution in [2.75, 3.05) is 17.1 Å². The first-order valence-corrected chi connectivity index (χ1v) is 11.3. The van der Waals surface area contributed by atoms with Crippen LogP contribution in [0.15, 0.2) is 76.0 Å². The van der Waals surface area contributed by atoms with Gasteiger partial charge >= 0.3 is 0 Å². The number of sulfonamides is 1. The smallest absolute Gasteiger partial charge is 0.291 e. The van der Waals surface area contributed by atoms with Gasteiger partial charge in [0.15, 0.2) is 5.76 Å². The maximum atomic E-state index is 12.7. The summed E-state index contributed by atoms with van der Waals surface area (Å²) in [6, 6.07) is 18.3. The Labute approximate surface area is 186 Å². The Balaban J connectivity index is 1.49. The molecule has 0 aliphatic rings. The van der Waals surface area contributed by atoms with Gasteiger partial charge in [0, 0.05) is 22.3 Å². The second kappa shape index (κ2) is 8.39. The topological polar surface area (TPSA) is 97.6 Å². The van der Waals surface area contributed by atoms with E-state index in [2.05, 4.69) is 10.0 Å². The molecule has 8 heteroatoms. The van der Waals surface area contributed by atoms with E-state index in [-0.39, 0.29) is 10.7 Å². The third-order valence-corrected chi connectivity index (χ3v) is 6.47. The average Bonchev–Trinajstić information content (AvgIpc) is 3.11. The Morgan fingerprint density at radius 2 is 1.56 bits per heavy atom. The minimum atomic E-state index is -3.70. The molecule has 164 valence electrons. The summed E-state index contributed by atoms with van der Waals surface area (Å²) in [6.07, 6.45) is 0. The first-order chi connectivity index (χ1) is 15.3. The third-order valence-electron chi connectivity index (χ3n) is 5.08. The van der Waals surface area contributed by atoms with Gasteiger partial charge in [-0.3, -0.25) is 9.52 Å². The number of hydrogen-bond acceptors (Lipinski definition) is 5. The monoisotopic (exact) mass is 450 g/mol. The molecule has 3 aromatic carbocycles. The molecule has 0 saturated carbocycles. The van der Waals surface area contributed by atoms with Gasteiger partial charge in [-0.2, -0.15) is 0 Å².